The number of aryl methyl sites for hydroxylation is 1. The molecule has 0 aliphatic carbocycles. The van der Waals surface area contributed by atoms with E-state index in [0.29, 0.717) is 17.3 Å². The molecule has 1 atom stereocenters. The summed E-state index contributed by atoms with van der Waals surface area (Å²) >= 11 is 6.18. The lowest BCUT2D eigenvalue weighted by Crippen LogP contribution is -2.45. The molecular weight excluding hydrogens is 372 g/mol. The van der Waals surface area contributed by atoms with Gasteiger partial charge in [-0.1, -0.05) is 75.0 Å². The van der Waals surface area contributed by atoms with E-state index in [2.05, 4.69) is 30.5 Å². The molecule has 1 unspecified atom stereocenters. The highest BCUT2D eigenvalue weighted by Gasteiger charge is 2.21. The molecule has 0 bridgehead atoms. The summed E-state index contributed by atoms with van der Waals surface area (Å²) in [4.78, 5) is 12.9. The van der Waals surface area contributed by atoms with Gasteiger partial charge < -0.3 is 10.1 Å². The molecule has 0 spiro atoms. The Morgan fingerprint density at radius 3 is 2.46 bits per heavy atom. The molecule has 2 rings (SSSR count). The van der Waals surface area contributed by atoms with Gasteiger partial charge in [-0.3, -0.25) is 10.1 Å². The number of para-hydroxylation sites is 2. The highest BCUT2D eigenvalue weighted by molar-refractivity contribution is 6.33. The number of carbonyl (C=O) groups excluding carboxylic acids is 1. The molecule has 5 heteroatoms. The Kier molecular flexibility index (Phi) is 9.87. The zero-order valence-corrected chi connectivity index (χ0v) is 17.6. The van der Waals surface area contributed by atoms with Crippen LogP contribution < -0.4 is 15.4 Å². The van der Waals surface area contributed by atoms with Gasteiger partial charge in [0.2, 0.25) is 6.23 Å². The number of rotatable bonds is 12. The van der Waals surface area contributed by atoms with Crippen molar-refractivity contribution in [1.82, 2.24) is 5.32 Å². The first-order valence-electron chi connectivity index (χ1n) is 10.2. The van der Waals surface area contributed by atoms with Crippen molar-refractivity contribution in [3.8, 4) is 5.75 Å². The summed E-state index contributed by atoms with van der Waals surface area (Å²) in [7, 11) is 0. The van der Waals surface area contributed by atoms with E-state index in [9.17, 15) is 4.79 Å². The van der Waals surface area contributed by atoms with Crippen LogP contribution in [0.3, 0.4) is 0 Å². The van der Waals surface area contributed by atoms with Crippen LogP contribution in [0.5, 0.6) is 5.75 Å². The number of hydrogen-bond donors (Lipinski definition) is 2. The number of benzene rings is 2. The number of unbranched alkanes of at least 4 members (excludes halogenated alkanes) is 3. The Labute approximate surface area is 173 Å². The summed E-state index contributed by atoms with van der Waals surface area (Å²) in [6.45, 7) is 5.01. The summed E-state index contributed by atoms with van der Waals surface area (Å²) in [5.74, 6) is 0.495. The van der Waals surface area contributed by atoms with E-state index in [1.807, 2.05) is 30.3 Å². The molecule has 0 aliphatic heterocycles. The van der Waals surface area contributed by atoms with Gasteiger partial charge >= 0.3 is 0 Å². The van der Waals surface area contributed by atoms with Crippen LogP contribution in [0, 0.1) is 0 Å². The van der Waals surface area contributed by atoms with Crippen molar-refractivity contribution in [1.29, 1.82) is 0 Å². The molecule has 2 aromatic carbocycles. The van der Waals surface area contributed by atoms with Crippen LogP contribution >= 0.6 is 11.6 Å². The zero-order valence-electron chi connectivity index (χ0n) is 16.8. The number of amides is 1. The van der Waals surface area contributed by atoms with Crippen molar-refractivity contribution in [2.45, 2.75) is 58.6 Å². The Hall–Kier alpha value is -2.04. The third-order valence-corrected chi connectivity index (χ3v) is 4.83. The number of ether oxygens (including phenoxy) is 1. The van der Waals surface area contributed by atoms with Crippen LogP contribution in [-0.4, -0.2) is 18.7 Å². The Morgan fingerprint density at radius 2 is 1.71 bits per heavy atom. The lowest BCUT2D eigenvalue weighted by molar-refractivity contribution is -0.124. The van der Waals surface area contributed by atoms with Crippen LogP contribution in [0.4, 0.5) is 5.69 Å². The van der Waals surface area contributed by atoms with Gasteiger partial charge in [0.25, 0.3) is 5.91 Å². The van der Waals surface area contributed by atoms with Gasteiger partial charge in [-0.25, -0.2) is 0 Å². The molecule has 0 fully saturated rings. The topological polar surface area (TPSA) is 50.4 Å². The molecule has 0 heterocycles. The molecule has 152 valence electrons. The summed E-state index contributed by atoms with van der Waals surface area (Å²) in [6.07, 6.45) is 5.63. The maximum Gasteiger partial charge on any atom is 0.281 e. The van der Waals surface area contributed by atoms with E-state index >= 15 is 0 Å². The number of anilines is 1. The third kappa shape index (κ3) is 7.17. The molecule has 2 aromatic rings. The molecular formula is C23H31ClN2O2. The smallest absolute Gasteiger partial charge is 0.281 e. The predicted molar refractivity (Wildman–Crippen MR) is 117 cm³/mol. The summed E-state index contributed by atoms with van der Waals surface area (Å²) in [5.41, 5.74) is 1.71. The van der Waals surface area contributed by atoms with Crippen LogP contribution in [-0.2, 0) is 11.2 Å². The Morgan fingerprint density at radius 1 is 1.00 bits per heavy atom. The fourth-order valence-electron chi connectivity index (χ4n) is 2.88. The van der Waals surface area contributed by atoms with Crippen molar-refractivity contribution in [2.75, 3.05) is 11.9 Å². The highest BCUT2D eigenvalue weighted by atomic mass is 35.5. The first-order chi connectivity index (χ1) is 13.7. The second kappa shape index (κ2) is 12.4. The molecule has 28 heavy (non-hydrogen) atoms. The summed E-state index contributed by atoms with van der Waals surface area (Å²) < 4.78 is 6.13. The highest BCUT2D eigenvalue weighted by Crippen LogP contribution is 2.23. The fraction of sp³-hybridized carbons (Fsp3) is 0.435. The van der Waals surface area contributed by atoms with Crippen LogP contribution in [0.1, 0.15) is 51.5 Å². The number of hydrogen-bond acceptors (Lipinski definition) is 3. The van der Waals surface area contributed by atoms with Crippen molar-refractivity contribution >= 4 is 23.2 Å². The van der Waals surface area contributed by atoms with E-state index < -0.39 is 6.23 Å². The Bertz CT molecular complexity index is 736. The number of halogens is 1. The van der Waals surface area contributed by atoms with E-state index in [1.165, 1.54) is 12.8 Å². The van der Waals surface area contributed by atoms with E-state index in [-0.39, 0.29) is 5.91 Å². The molecule has 0 saturated carbocycles. The number of nitrogens with one attached hydrogen (secondary N) is 2. The lowest BCUT2D eigenvalue weighted by atomic mass is 10.1. The predicted octanol–water partition coefficient (Wildman–Crippen LogP) is 5.81. The second-order valence-electron chi connectivity index (χ2n) is 6.84. The van der Waals surface area contributed by atoms with Gasteiger partial charge in [0.05, 0.1) is 10.7 Å². The monoisotopic (exact) mass is 402 g/mol. The van der Waals surface area contributed by atoms with Gasteiger partial charge in [-0.15, -0.1) is 0 Å². The van der Waals surface area contributed by atoms with Crippen molar-refractivity contribution < 1.29 is 9.53 Å². The first kappa shape index (κ1) is 22.3. The summed E-state index contributed by atoms with van der Waals surface area (Å²) in [5, 5.41) is 6.60. The first-order valence-corrected chi connectivity index (χ1v) is 10.6. The van der Waals surface area contributed by atoms with Gasteiger partial charge in [-0.2, -0.15) is 0 Å². The van der Waals surface area contributed by atoms with E-state index in [1.54, 1.807) is 12.1 Å². The summed E-state index contributed by atoms with van der Waals surface area (Å²) in [6, 6.07) is 15.1. The fourth-order valence-corrected chi connectivity index (χ4v) is 3.06. The van der Waals surface area contributed by atoms with Crippen LogP contribution in [0.2, 0.25) is 5.02 Å². The molecule has 1 amide bonds. The quantitative estimate of drug-likeness (QED) is 0.348. The van der Waals surface area contributed by atoms with Crippen molar-refractivity contribution in [3.05, 3.63) is 59.1 Å². The van der Waals surface area contributed by atoms with E-state index in [4.69, 9.17) is 16.3 Å². The van der Waals surface area contributed by atoms with Crippen molar-refractivity contribution in [2.24, 2.45) is 0 Å². The van der Waals surface area contributed by atoms with Gasteiger partial charge in [-0.05, 0) is 49.6 Å². The second-order valence-corrected chi connectivity index (χ2v) is 7.25. The van der Waals surface area contributed by atoms with Crippen LogP contribution in [0.15, 0.2) is 48.5 Å². The molecule has 4 nitrogen and oxygen atoms in total. The normalized spacial score (nSPS) is 11.8. The maximum absolute atomic E-state index is 12.9. The minimum atomic E-state index is -0.782. The number of carbonyl (C=O) groups is 1. The minimum Gasteiger partial charge on any atom is -0.466 e. The molecule has 0 saturated heterocycles. The largest absolute Gasteiger partial charge is 0.466 e. The molecule has 2 N–H and O–H groups in total. The third-order valence-electron chi connectivity index (χ3n) is 4.50. The molecule has 0 aliphatic rings. The SMILES string of the molecule is CCCCCc1ccccc1OC(NCCCC)C(=O)Nc1ccccc1Cl. The molecule has 0 aromatic heterocycles. The average molecular weight is 403 g/mol. The van der Waals surface area contributed by atoms with E-state index in [0.717, 1.165) is 37.0 Å². The lowest BCUT2D eigenvalue weighted by Gasteiger charge is -2.22. The van der Waals surface area contributed by atoms with Gasteiger partial charge in [0, 0.05) is 0 Å². The zero-order chi connectivity index (χ0) is 20.2. The Balaban J connectivity index is 2.12. The van der Waals surface area contributed by atoms with Gasteiger partial charge in [0.1, 0.15) is 5.75 Å². The maximum atomic E-state index is 12.9. The molecule has 0 radical (unpaired) electrons. The average Bonchev–Trinajstić information content (AvgIpc) is 2.70. The minimum absolute atomic E-state index is 0.257. The van der Waals surface area contributed by atoms with Crippen LogP contribution in [0.25, 0.3) is 0 Å². The van der Waals surface area contributed by atoms with Crippen molar-refractivity contribution in [3.63, 3.8) is 0 Å². The van der Waals surface area contributed by atoms with Gasteiger partial charge in [0.15, 0.2) is 0 Å². The standard InChI is InChI=1S/C23H31ClN2O2/c1-3-5-7-12-18-13-8-11-16-21(18)28-23(25-17-6-4-2)22(27)26-20-15-10-9-14-19(20)24/h8-11,13-16,23,25H,3-7,12,17H2,1-2H3,(H,26,27).